The Hall–Kier alpha value is -2.83. The Morgan fingerprint density at radius 2 is 1.33 bits per heavy atom. The highest BCUT2D eigenvalue weighted by Gasteiger charge is 2.52. The molecule has 3 saturated heterocycles. The number of anilines is 2. The van der Waals surface area contributed by atoms with E-state index in [4.69, 9.17) is 62.3 Å². The van der Waals surface area contributed by atoms with Crippen molar-refractivity contribution >= 4 is 71.8 Å². The maximum Gasteiger partial charge on any atom is 0.386 e. The molecule has 3 aliphatic heterocycles. The van der Waals surface area contributed by atoms with E-state index in [0.29, 0.717) is 0 Å². The molecular weight excluding hydrogens is 694 g/mol. The van der Waals surface area contributed by atoms with Crippen LogP contribution >= 0.6 is 25.8 Å². The van der Waals surface area contributed by atoms with E-state index < -0.39 is 86.8 Å². The van der Waals surface area contributed by atoms with Crippen LogP contribution in [0.15, 0.2) is 22.2 Å². The number of nitrogen functional groups attached to an aromatic ring is 2. The second kappa shape index (κ2) is 11.4. The first-order valence-corrected chi connectivity index (χ1v) is 18.6. The molecule has 22 nitrogen and oxygen atoms in total. The lowest BCUT2D eigenvalue weighted by Crippen LogP contribution is -2.43. The number of thiol groups is 1. The molecule has 3 fully saturated rings. The van der Waals surface area contributed by atoms with Gasteiger partial charge in [0.05, 0.1) is 38.0 Å². The van der Waals surface area contributed by atoms with Crippen LogP contribution in [0.25, 0.3) is 22.3 Å². The smallest absolute Gasteiger partial charge is 0.369 e. The number of nitrogens with two attached hydrogens (primary N) is 4. The minimum absolute atomic E-state index is 0.0344. The molecule has 10 atom stereocenters. The number of fused-ring (bicyclic) bond motifs is 4. The molecule has 0 radical (unpaired) electrons. The fourth-order valence-corrected chi connectivity index (χ4v) is 8.49. The lowest BCUT2D eigenvalue weighted by atomic mass is 10.1. The zero-order valence-electron chi connectivity index (χ0n) is 23.1. The predicted octanol–water partition coefficient (Wildman–Crippen LogP) is -2.06. The molecule has 3 aliphatic rings. The third kappa shape index (κ3) is 5.57. The number of H-pyrrole nitrogens is 2. The largest absolute Gasteiger partial charge is 0.386 e. The lowest BCUT2D eigenvalue weighted by molar-refractivity contribution is -0.0558. The monoisotopic (exact) mass is 720 g/mol. The number of hydrogen-bond acceptors (Lipinski definition) is 18. The predicted molar refractivity (Wildman–Crippen MR) is 164 cm³/mol. The van der Waals surface area contributed by atoms with Crippen molar-refractivity contribution in [3.8, 4) is 0 Å². The number of aromatic amines is 2. The highest BCUT2D eigenvalue weighted by Crippen LogP contribution is 2.58. The average molecular weight is 721 g/mol. The topological polar surface area (TPSA) is 324 Å². The van der Waals surface area contributed by atoms with Crippen LogP contribution in [-0.4, -0.2) is 93.6 Å². The van der Waals surface area contributed by atoms with Crippen LogP contribution in [0.5, 0.6) is 0 Å². The van der Waals surface area contributed by atoms with Gasteiger partial charge in [-0.05, 0) is 11.8 Å². The Bertz CT molecular complexity index is 1910. The van der Waals surface area contributed by atoms with Gasteiger partial charge < -0.3 is 46.3 Å². The first-order chi connectivity index (χ1) is 21.7. The number of rotatable bonds is 2. The van der Waals surface area contributed by atoms with Crippen molar-refractivity contribution < 1.29 is 37.0 Å². The molecule has 3 unspecified atom stereocenters. The van der Waals surface area contributed by atoms with E-state index in [2.05, 4.69) is 42.2 Å². The van der Waals surface area contributed by atoms with Gasteiger partial charge in [-0.15, -0.1) is 0 Å². The summed E-state index contributed by atoms with van der Waals surface area (Å²) in [5, 5.41) is 0. The van der Waals surface area contributed by atoms with Crippen LogP contribution in [0.4, 0.5) is 11.9 Å². The van der Waals surface area contributed by atoms with Crippen LogP contribution in [-0.2, 0) is 43.9 Å². The van der Waals surface area contributed by atoms with E-state index in [9.17, 15) is 19.0 Å². The molecule has 26 heteroatoms. The molecular formula is C20H26N12O10P2S2. The summed E-state index contributed by atoms with van der Waals surface area (Å²) in [7, 11) is 0. The Morgan fingerprint density at radius 1 is 0.870 bits per heavy atom. The first kappa shape index (κ1) is 31.8. The van der Waals surface area contributed by atoms with E-state index in [1.165, 1.54) is 21.8 Å². The number of ether oxygens (including phenoxy) is 2. The van der Waals surface area contributed by atoms with Gasteiger partial charge in [0.2, 0.25) is 11.9 Å². The summed E-state index contributed by atoms with van der Waals surface area (Å²) >= 11 is 9.42. The fourth-order valence-electron chi connectivity index (χ4n) is 5.52. The summed E-state index contributed by atoms with van der Waals surface area (Å²) in [4.78, 5) is 56.7. The molecule has 4 aromatic rings. The standard InChI is InChI=1S/C20H26N12O10P2S2/c21-7-11-5(39-17(7)31-3-25-9-13(31)27-19(23)29-15(9)33)1-37-43(35,45)42-12-6(2-38-44(36,46)41-11)40-18(8(12)22)32-4-26-10-14(32)28-20(24)30-16(10)34/h3-8,11-12,17-18H,1-2,21-22H2,(H,35,45)(H,36,46)(H3,23,27,29,33)(H3,24,28,30,34)/t5-,6-,7+,8+,11+,12?,17-,18-,43?,44?/m1/s1. The van der Waals surface area contributed by atoms with E-state index in [-0.39, 0.29) is 34.2 Å². The van der Waals surface area contributed by atoms with Gasteiger partial charge in [-0.2, -0.15) is 9.97 Å². The molecule has 46 heavy (non-hydrogen) atoms. The molecule has 0 aliphatic carbocycles. The molecule has 7 heterocycles. The molecule has 0 amide bonds. The second-order valence-corrected chi connectivity index (χ2v) is 16.2. The van der Waals surface area contributed by atoms with Crippen molar-refractivity contribution in [2.75, 3.05) is 24.7 Å². The van der Waals surface area contributed by atoms with Gasteiger partial charge >= 0.3 is 13.5 Å². The van der Waals surface area contributed by atoms with Crippen molar-refractivity contribution in [3.05, 3.63) is 33.4 Å². The molecule has 0 saturated carbocycles. The normalized spacial score (nSPS) is 37.1. The molecule has 0 aromatic carbocycles. The number of aromatic nitrogens is 8. The SMILES string of the molecule is Nc1nc2c(ncn2[C@@H]2O[C@@H]3COP(O)(=S)OC4[C@@H](COP(=O)(S)O[C@@H]3[C@@H]2N)O[C@@H](n2cnc3c(=O)[nH]c(N)nc32)[C@H]4N)c(=O)[nH]1. The van der Waals surface area contributed by atoms with E-state index in [0.717, 1.165) is 0 Å². The van der Waals surface area contributed by atoms with Crippen molar-refractivity contribution in [1.29, 1.82) is 0 Å². The second-order valence-electron chi connectivity index (χ2n) is 10.5. The van der Waals surface area contributed by atoms with Crippen LogP contribution in [0.2, 0.25) is 0 Å². The number of hydrogen-bond donors (Lipinski definition) is 8. The van der Waals surface area contributed by atoms with Gasteiger partial charge in [-0.1, -0.05) is 12.2 Å². The van der Waals surface area contributed by atoms with Crippen molar-refractivity contribution in [2.45, 2.75) is 49.0 Å². The molecule has 11 N–H and O–H groups in total. The zero-order chi connectivity index (χ0) is 32.7. The van der Waals surface area contributed by atoms with Gasteiger partial charge in [0.1, 0.15) is 24.4 Å². The fraction of sp³-hybridized carbons (Fsp3) is 0.500. The summed E-state index contributed by atoms with van der Waals surface area (Å²) in [5.74, 6) is -0.348. The van der Waals surface area contributed by atoms with Gasteiger partial charge in [0.25, 0.3) is 11.1 Å². The Balaban J connectivity index is 1.18. The number of nitrogens with one attached hydrogen (secondary N) is 2. The lowest BCUT2D eigenvalue weighted by Gasteiger charge is -2.30. The van der Waals surface area contributed by atoms with Gasteiger partial charge in [0, 0.05) is 0 Å². The minimum Gasteiger partial charge on any atom is -0.369 e. The van der Waals surface area contributed by atoms with Gasteiger partial charge in [0.15, 0.2) is 34.8 Å². The Labute approximate surface area is 266 Å². The summed E-state index contributed by atoms with van der Waals surface area (Å²) in [6, 6.07) is -2.18. The Kier molecular flexibility index (Phi) is 7.87. The van der Waals surface area contributed by atoms with E-state index >= 15 is 0 Å². The quantitative estimate of drug-likeness (QED) is 0.0815. The third-order valence-corrected chi connectivity index (χ3v) is 10.7. The molecule has 0 spiro atoms. The third-order valence-electron chi connectivity index (χ3n) is 7.54. The Morgan fingerprint density at radius 3 is 1.83 bits per heavy atom. The van der Waals surface area contributed by atoms with Gasteiger partial charge in [-0.3, -0.25) is 37.7 Å². The molecule has 4 aromatic heterocycles. The van der Waals surface area contributed by atoms with Crippen LogP contribution < -0.4 is 34.1 Å². The zero-order valence-corrected chi connectivity index (χ0v) is 26.6. The van der Waals surface area contributed by atoms with Crippen molar-refractivity contribution in [3.63, 3.8) is 0 Å². The first-order valence-electron chi connectivity index (χ1n) is 13.3. The average Bonchev–Trinajstić information content (AvgIpc) is 3.72. The summed E-state index contributed by atoms with van der Waals surface area (Å²) in [5.41, 5.74) is 23.3. The van der Waals surface area contributed by atoms with Crippen LogP contribution in [0.1, 0.15) is 12.5 Å². The van der Waals surface area contributed by atoms with E-state index in [1.807, 2.05) is 0 Å². The number of nitrogens with zero attached hydrogens (tertiary/aromatic N) is 6. The highest BCUT2D eigenvalue weighted by atomic mass is 32.7. The van der Waals surface area contributed by atoms with Crippen molar-refractivity contribution in [2.24, 2.45) is 11.5 Å². The van der Waals surface area contributed by atoms with Crippen LogP contribution in [0, 0.1) is 0 Å². The summed E-state index contributed by atoms with van der Waals surface area (Å²) < 4.78 is 51.2. The minimum atomic E-state index is -4.23. The molecule has 248 valence electrons. The van der Waals surface area contributed by atoms with Crippen LogP contribution in [0.3, 0.4) is 0 Å². The molecule has 0 bridgehead atoms. The number of imidazole rings is 2. The molecule has 7 rings (SSSR count). The highest BCUT2D eigenvalue weighted by molar-refractivity contribution is 8.44. The maximum absolute atomic E-state index is 13.5. The van der Waals surface area contributed by atoms with E-state index in [1.54, 1.807) is 0 Å². The maximum atomic E-state index is 13.5. The summed E-state index contributed by atoms with van der Waals surface area (Å²) in [6.07, 6.45) is -4.32. The van der Waals surface area contributed by atoms with Crippen molar-refractivity contribution in [1.82, 2.24) is 39.0 Å². The van der Waals surface area contributed by atoms with Gasteiger partial charge in [-0.25, -0.2) is 14.5 Å². The summed E-state index contributed by atoms with van der Waals surface area (Å²) in [6.45, 7) is -9.28.